The van der Waals surface area contributed by atoms with E-state index in [4.69, 9.17) is 5.11 Å². The van der Waals surface area contributed by atoms with Crippen LogP contribution in [0.3, 0.4) is 0 Å². The molecular formula is C21H15F4N3O4. The van der Waals surface area contributed by atoms with Crippen LogP contribution < -0.4 is 10.9 Å². The number of carbonyl (C=O) groups excluding carboxylic acids is 1. The Balaban J connectivity index is 1.98. The van der Waals surface area contributed by atoms with E-state index in [9.17, 15) is 31.9 Å². The molecule has 2 N–H and O–H groups in total. The number of halogens is 4. The van der Waals surface area contributed by atoms with Crippen LogP contribution in [0.4, 0.5) is 17.6 Å². The van der Waals surface area contributed by atoms with Crippen molar-refractivity contribution in [2.24, 2.45) is 0 Å². The molecule has 7 nitrogen and oxygen atoms in total. The van der Waals surface area contributed by atoms with Crippen molar-refractivity contribution < 1.29 is 32.3 Å². The maximum atomic E-state index is 14.4. The molecule has 32 heavy (non-hydrogen) atoms. The average Bonchev–Trinajstić information content (AvgIpc) is 2.73. The summed E-state index contributed by atoms with van der Waals surface area (Å²) in [4.78, 5) is 39.3. The minimum Gasteiger partial charge on any atom is -0.480 e. The van der Waals surface area contributed by atoms with E-state index < -0.39 is 47.6 Å². The number of benzene rings is 1. The van der Waals surface area contributed by atoms with Crippen molar-refractivity contribution in [2.45, 2.75) is 18.8 Å². The van der Waals surface area contributed by atoms with Gasteiger partial charge in [0.05, 0.1) is 17.2 Å². The van der Waals surface area contributed by atoms with Crippen LogP contribution in [-0.4, -0.2) is 26.5 Å². The van der Waals surface area contributed by atoms with Crippen LogP contribution in [0.15, 0.2) is 65.7 Å². The summed E-state index contributed by atoms with van der Waals surface area (Å²) in [6.07, 6.45) is -2.30. The first kappa shape index (κ1) is 22.7. The van der Waals surface area contributed by atoms with Crippen LogP contribution in [0.1, 0.15) is 33.2 Å². The van der Waals surface area contributed by atoms with Gasteiger partial charge in [0.25, 0.3) is 11.5 Å². The SMILES string of the molecule is O=C(O)Cn1cc(C(=O)NC(c2ccc(C(F)(F)F)cc2)c2ncccc2F)ccc1=O. The third-order valence-electron chi connectivity index (χ3n) is 4.46. The van der Waals surface area contributed by atoms with Gasteiger partial charge in [0, 0.05) is 18.5 Å². The fourth-order valence-corrected chi connectivity index (χ4v) is 2.93. The van der Waals surface area contributed by atoms with E-state index in [1.54, 1.807) is 0 Å². The van der Waals surface area contributed by atoms with E-state index in [0.29, 0.717) is 0 Å². The fraction of sp³-hybridized carbons (Fsp3) is 0.143. The lowest BCUT2D eigenvalue weighted by Crippen LogP contribution is -2.32. The first-order valence-electron chi connectivity index (χ1n) is 9.07. The van der Waals surface area contributed by atoms with Crippen LogP contribution >= 0.6 is 0 Å². The van der Waals surface area contributed by atoms with Crippen molar-refractivity contribution in [3.63, 3.8) is 0 Å². The smallest absolute Gasteiger partial charge is 0.416 e. The fourth-order valence-electron chi connectivity index (χ4n) is 2.93. The minimum absolute atomic E-state index is 0.112. The molecular weight excluding hydrogens is 434 g/mol. The van der Waals surface area contributed by atoms with Gasteiger partial charge < -0.3 is 15.0 Å². The summed E-state index contributed by atoms with van der Waals surface area (Å²) in [5.41, 5.74) is -1.80. The highest BCUT2D eigenvalue weighted by molar-refractivity contribution is 5.94. The molecule has 0 fully saturated rings. The summed E-state index contributed by atoms with van der Waals surface area (Å²) in [6, 6.07) is 7.04. The summed E-state index contributed by atoms with van der Waals surface area (Å²) < 4.78 is 53.9. The van der Waals surface area contributed by atoms with Crippen LogP contribution in [0, 0.1) is 5.82 Å². The van der Waals surface area contributed by atoms with Crippen molar-refractivity contribution >= 4 is 11.9 Å². The van der Waals surface area contributed by atoms with Crippen LogP contribution in [-0.2, 0) is 17.5 Å². The molecule has 1 atom stereocenters. The quantitative estimate of drug-likeness (QED) is 0.564. The summed E-state index contributed by atoms with van der Waals surface area (Å²) in [5.74, 6) is -2.92. The molecule has 3 rings (SSSR count). The van der Waals surface area contributed by atoms with E-state index in [1.807, 2.05) is 0 Å². The van der Waals surface area contributed by atoms with Crippen molar-refractivity contribution in [3.8, 4) is 0 Å². The summed E-state index contributed by atoms with van der Waals surface area (Å²) in [7, 11) is 0. The molecule has 1 unspecified atom stereocenters. The number of rotatable bonds is 6. The lowest BCUT2D eigenvalue weighted by atomic mass is 10.0. The molecule has 0 aliphatic carbocycles. The topological polar surface area (TPSA) is 101 Å². The standard InChI is InChI=1S/C21H15F4N3O4/c22-15-2-1-9-26-19(15)18(12-3-6-14(7-4-12)21(23,24)25)27-20(32)13-5-8-16(29)28(10-13)11-17(30)31/h1-10,18H,11H2,(H,27,32)(H,30,31). The van der Waals surface area contributed by atoms with Gasteiger partial charge in [-0.2, -0.15) is 13.2 Å². The molecule has 0 spiro atoms. The predicted octanol–water partition coefficient (Wildman–Crippen LogP) is 3.01. The highest BCUT2D eigenvalue weighted by Crippen LogP contribution is 2.31. The van der Waals surface area contributed by atoms with E-state index in [1.165, 1.54) is 12.3 Å². The molecule has 3 aromatic rings. The lowest BCUT2D eigenvalue weighted by molar-refractivity contribution is -0.138. The monoisotopic (exact) mass is 449 g/mol. The molecule has 2 aromatic heterocycles. The van der Waals surface area contributed by atoms with Crippen molar-refractivity contribution in [1.82, 2.24) is 14.9 Å². The first-order chi connectivity index (χ1) is 15.1. The van der Waals surface area contributed by atoms with Gasteiger partial charge >= 0.3 is 12.1 Å². The number of amides is 1. The molecule has 2 heterocycles. The predicted molar refractivity (Wildman–Crippen MR) is 103 cm³/mol. The highest BCUT2D eigenvalue weighted by Gasteiger charge is 2.31. The Morgan fingerprint density at radius 1 is 1.09 bits per heavy atom. The molecule has 0 aliphatic heterocycles. The lowest BCUT2D eigenvalue weighted by Gasteiger charge is -2.20. The zero-order chi connectivity index (χ0) is 23.5. The van der Waals surface area contributed by atoms with Gasteiger partial charge in [0.15, 0.2) is 0 Å². The van der Waals surface area contributed by atoms with E-state index in [2.05, 4.69) is 10.3 Å². The van der Waals surface area contributed by atoms with Gasteiger partial charge in [-0.15, -0.1) is 0 Å². The third-order valence-corrected chi connectivity index (χ3v) is 4.46. The number of hydrogen-bond donors (Lipinski definition) is 2. The first-order valence-corrected chi connectivity index (χ1v) is 9.07. The van der Waals surface area contributed by atoms with Gasteiger partial charge in [-0.1, -0.05) is 12.1 Å². The van der Waals surface area contributed by atoms with Crippen molar-refractivity contribution in [1.29, 1.82) is 0 Å². The number of pyridine rings is 2. The van der Waals surface area contributed by atoms with Gasteiger partial charge in [-0.25, -0.2) is 4.39 Å². The number of alkyl halides is 3. The Labute approximate surface area is 178 Å². The number of nitrogens with one attached hydrogen (secondary N) is 1. The molecule has 0 saturated heterocycles. The van der Waals surface area contributed by atoms with Crippen molar-refractivity contribution in [3.05, 3.63) is 99.5 Å². The Kier molecular flexibility index (Phi) is 6.37. The number of aromatic nitrogens is 2. The van der Waals surface area contributed by atoms with Gasteiger partial charge in [0.2, 0.25) is 0 Å². The number of nitrogens with zero attached hydrogens (tertiary/aromatic N) is 2. The van der Waals surface area contributed by atoms with E-state index in [-0.39, 0.29) is 16.8 Å². The van der Waals surface area contributed by atoms with Gasteiger partial charge in [0.1, 0.15) is 18.1 Å². The van der Waals surface area contributed by atoms with Crippen LogP contribution in [0.25, 0.3) is 0 Å². The van der Waals surface area contributed by atoms with E-state index >= 15 is 0 Å². The second-order valence-corrected chi connectivity index (χ2v) is 6.67. The number of hydrogen-bond acceptors (Lipinski definition) is 4. The Morgan fingerprint density at radius 2 is 1.78 bits per heavy atom. The maximum absolute atomic E-state index is 14.4. The summed E-state index contributed by atoms with van der Waals surface area (Å²) in [6.45, 7) is -0.683. The second kappa shape index (κ2) is 9.00. The Bertz CT molecular complexity index is 1210. The van der Waals surface area contributed by atoms with Gasteiger partial charge in [-0.3, -0.25) is 19.4 Å². The largest absolute Gasteiger partial charge is 0.480 e. The average molecular weight is 449 g/mol. The third kappa shape index (κ3) is 5.17. The van der Waals surface area contributed by atoms with Crippen LogP contribution in [0.2, 0.25) is 0 Å². The molecule has 0 saturated carbocycles. The van der Waals surface area contributed by atoms with Gasteiger partial charge in [-0.05, 0) is 35.9 Å². The number of carbonyl (C=O) groups is 2. The molecule has 0 radical (unpaired) electrons. The van der Waals surface area contributed by atoms with E-state index in [0.717, 1.165) is 53.2 Å². The molecule has 0 aliphatic rings. The van der Waals surface area contributed by atoms with Crippen LogP contribution in [0.5, 0.6) is 0 Å². The Morgan fingerprint density at radius 3 is 2.38 bits per heavy atom. The highest BCUT2D eigenvalue weighted by atomic mass is 19.4. The molecule has 1 amide bonds. The van der Waals surface area contributed by atoms with Crippen molar-refractivity contribution in [2.75, 3.05) is 0 Å². The molecule has 1 aromatic carbocycles. The molecule has 0 bridgehead atoms. The maximum Gasteiger partial charge on any atom is 0.416 e. The zero-order valence-corrected chi connectivity index (χ0v) is 16.1. The normalized spacial score (nSPS) is 12.2. The zero-order valence-electron chi connectivity index (χ0n) is 16.1. The number of aliphatic carboxylic acids is 1. The summed E-state index contributed by atoms with van der Waals surface area (Å²) >= 11 is 0. The summed E-state index contributed by atoms with van der Waals surface area (Å²) in [5, 5.41) is 11.4. The number of carboxylic acid groups (broad SMARTS) is 1. The molecule has 166 valence electrons. The minimum atomic E-state index is -4.58. The molecule has 11 heteroatoms. The second-order valence-electron chi connectivity index (χ2n) is 6.67. The Hall–Kier alpha value is -4.02. The number of carboxylic acids is 1.